The van der Waals surface area contributed by atoms with E-state index in [1.165, 1.54) is 35.2 Å². The highest BCUT2D eigenvalue weighted by atomic mass is 32.2. The molecule has 0 spiro atoms. The molecule has 2 heterocycles. The fourth-order valence-electron chi connectivity index (χ4n) is 3.54. The lowest BCUT2D eigenvalue weighted by molar-refractivity contribution is -0.120. The minimum Gasteiger partial charge on any atom is -0.359 e. The third kappa shape index (κ3) is 4.17. The van der Waals surface area contributed by atoms with Gasteiger partial charge in [-0.3, -0.25) is 9.52 Å². The summed E-state index contributed by atoms with van der Waals surface area (Å²) < 4.78 is 27.3. The second kappa shape index (κ2) is 8.08. The van der Waals surface area contributed by atoms with Gasteiger partial charge in [0.1, 0.15) is 6.04 Å². The number of anilines is 2. The van der Waals surface area contributed by atoms with E-state index in [-0.39, 0.29) is 28.8 Å². The Hall–Kier alpha value is -2.91. The fourth-order valence-corrected chi connectivity index (χ4v) is 5.33. The number of aromatic nitrogens is 1. The first kappa shape index (κ1) is 20.4. The average Bonchev–Trinajstić information content (AvgIpc) is 3.36. The number of carbonyl (C=O) groups is 1. The molecule has 156 valence electrons. The molecular weight excluding hydrogens is 420 g/mol. The molecule has 2 aromatic rings. The summed E-state index contributed by atoms with van der Waals surface area (Å²) >= 11 is 1.20. The highest BCUT2D eigenvalue weighted by Gasteiger charge is 2.33. The highest BCUT2D eigenvalue weighted by Crippen LogP contribution is 2.30. The molecular formula is C21H22N4O3S2. The van der Waals surface area contributed by atoms with Gasteiger partial charge in [0.05, 0.1) is 10.9 Å². The predicted octanol–water partition coefficient (Wildman–Crippen LogP) is 3.60. The van der Waals surface area contributed by atoms with Crippen molar-refractivity contribution in [2.45, 2.75) is 30.8 Å². The molecule has 9 heteroatoms. The first-order valence-corrected chi connectivity index (χ1v) is 11.9. The maximum atomic E-state index is 12.8. The zero-order valence-corrected chi connectivity index (χ0v) is 18.2. The van der Waals surface area contributed by atoms with E-state index in [4.69, 9.17) is 0 Å². The van der Waals surface area contributed by atoms with E-state index in [9.17, 15) is 13.2 Å². The summed E-state index contributed by atoms with van der Waals surface area (Å²) in [6, 6.07) is 5.84. The van der Waals surface area contributed by atoms with Crippen molar-refractivity contribution in [3.8, 4) is 0 Å². The van der Waals surface area contributed by atoms with Crippen LogP contribution in [0.3, 0.4) is 0 Å². The smallest absolute Gasteiger partial charge is 0.263 e. The summed E-state index contributed by atoms with van der Waals surface area (Å²) in [7, 11) is -3.72. The van der Waals surface area contributed by atoms with Crippen molar-refractivity contribution in [2.24, 2.45) is 5.92 Å². The minimum absolute atomic E-state index is 0.101. The molecule has 0 saturated carbocycles. The Bertz CT molecular complexity index is 1120. The van der Waals surface area contributed by atoms with Crippen LogP contribution in [0.25, 0.3) is 0 Å². The lowest BCUT2D eigenvalue weighted by atomic mass is 9.93. The SMILES string of the molecule is CC1=CC2C=CN(C(C)C(=O)Nc3ccc(S(=O)(=O)Nc4nccs4)cc3)C2C=C1. The molecule has 3 atom stereocenters. The van der Waals surface area contributed by atoms with Crippen molar-refractivity contribution in [3.05, 3.63) is 71.9 Å². The van der Waals surface area contributed by atoms with Crippen molar-refractivity contribution in [1.82, 2.24) is 9.88 Å². The summed E-state index contributed by atoms with van der Waals surface area (Å²) in [6.07, 6.45) is 12.0. The molecule has 0 fully saturated rings. The maximum Gasteiger partial charge on any atom is 0.263 e. The molecule has 1 amide bonds. The van der Waals surface area contributed by atoms with Gasteiger partial charge < -0.3 is 10.2 Å². The van der Waals surface area contributed by atoms with Crippen LogP contribution in [0.5, 0.6) is 0 Å². The lowest BCUT2D eigenvalue weighted by Crippen LogP contribution is -2.44. The van der Waals surface area contributed by atoms with E-state index in [1.54, 1.807) is 17.5 Å². The van der Waals surface area contributed by atoms with Gasteiger partial charge in [0.25, 0.3) is 10.0 Å². The van der Waals surface area contributed by atoms with Crippen molar-refractivity contribution >= 4 is 38.1 Å². The third-order valence-corrected chi connectivity index (χ3v) is 7.32. The number of amides is 1. The van der Waals surface area contributed by atoms with Gasteiger partial charge in [0, 0.05) is 23.2 Å². The largest absolute Gasteiger partial charge is 0.359 e. The molecule has 30 heavy (non-hydrogen) atoms. The summed E-state index contributed by atoms with van der Waals surface area (Å²) in [6.45, 7) is 3.92. The van der Waals surface area contributed by atoms with Crippen molar-refractivity contribution in [2.75, 3.05) is 10.0 Å². The molecule has 3 unspecified atom stereocenters. The third-order valence-electron chi connectivity index (χ3n) is 5.14. The van der Waals surface area contributed by atoms with Gasteiger partial charge in [0.2, 0.25) is 5.91 Å². The van der Waals surface area contributed by atoms with Gasteiger partial charge >= 0.3 is 0 Å². The molecule has 0 radical (unpaired) electrons. The van der Waals surface area contributed by atoms with Crippen LogP contribution in [-0.2, 0) is 14.8 Å². The first-order chi connectivity index (χ1) is 14.3. The predicted molar refractivity (Wildman–Crippen MR) is 119 cm³/mol. The van der Waals surface area contributed by atoms with Crippen molar-refractivity contribution < 1.29 is 13.2 Å². The molecule has 2 aliphatic rings. The highest BCUT2D eigenvalue weighted by molar-refractivity contribution is 7.93. The number of nitrogens with zero attached hydrogens (tertiary/aromatic N) is 2. The Labute approximate surface area is 179 Å². The number of hydrogen-bond donors (Lipinski definition) is 2. The van der Waals surface area contributed by atoms with Crippen LogP contribution >= 0.6 is 11.3 Å². The van der Waals surface area contributed by atoms with E-state index in [1.807, 2.05) is 18.0 Å². The number of fused-ring (bicyclic) bond motifs is 1. The summed E-state index contributed by atoms with van der Waals surface area (Å²) in [5.41, 5.74) is 1.76. The van der Waals surface area contributed by atoms with Crippen molar-refractivity contribution in [3.63, 3.8) is 0 Å². The normalized spacial score (nSPS) is 21.1. The second-order valence-corrected chi connectivity index (χ2v) is 9.84. The summed E-state index contributed by atoms with van der Waals surface area (Å²) in [5.74, 6) is 0.122. The second-order valence-electron chi connectivity index (χ2n) is 7.26. The zero-order chi connectivity index (χ0) is 21.3. The lowest BCUT2D eigenvalue weighted by Gasteiger charge is -2.32. The van der Waals surface area contributed by atoms with Crippen molar-refractivity contribution in [1.29, 1.82) is 0 Å². The molecule has 0 bridgehead atoms. The van der Waals surface area contributed by atoms with E-state index in [0.29, 0.717) is 10.8 Å². The fraction of sp³-hybridized carbons (Fsp3) is 0.238. The standard InChI is InChI=1S/C21H22N4O3S2/c1-14-3-8-19-16(13-14)9-11-25(19)15(2)20(26)23-17-4-6-18(7-5-17)30(27,28)24-21-22-10-12-29-21/h3-13,15-16,19H,1-2H3,(H,22,24)(H,23,26). The van der Waals surface area contributed by atoms with E-state index < -0.39 is 10.0 Å². The molecule has 0 saturated heterocycles. The number of benzene rings is 1. The molecule has 4 rings (SSSR count). The summed E-state index contributed by atoms with van der Waals surface area (Å²) in [5, 5.41) is 4.86. The number of carbonyl (C=O) groups excluding carboxylic acids is 1. The Morgan fingerprint density at radius 2 is 2.00 bits per heavy atom. The van der Waals surface area contributed by atoms with Crippen LogP contribution in [0.1, 0.15) is 13.8 Å². The number of thiazole rings is 1. The van der Waals surface area contributed by atoms with Gasteiger partial charge in [0.15, 0.2) is 5.13 Å². The molecule has 1 aliphatic heterocycles. The monoisotopic (exact) mass is 442 g/mol. The van der Waals surface area contributed by atoms with E-state index >= 15 is 0 Å². The van der Waals surface area contributed by atoms with Crippen LogP contribution in [0.15, 0.2) is 76.8 Å². The topological polar surface area (TPSA) is 91.4 Å². The summed E-state index contributed by atoms with van der Waals surface area (Å²) in [4.78, 5) is 18.8. The molecule has 1 aromatic heterocycles. The van der Waals surface area contributed by atoms with Gasteiger partial charge in [-0.2, -0.15) is 0 Å². The number of nitrogens with one attached hydrogen (secondary N) is 2. The first-order valence-electron chi connectivity index (χ1n) is 9.49. The van der Waals surface area contributed by atoms with Crippen LogP contribution in [0.2, 0.25) is 0 Å². The minimum atomic E-state index is -3.72. The van der Waals surface area contributed by atoms with Crippen LogP contribution in [0.4, 0.5) is 10.8 Å². The number of sulfonamides is 1. The van der Waals surface area contributed by atoms with E-state index in [0.717, 1.165) is 0 Å². The van der Waals surface area contributed by atoms with E-state index in [2.05, 4.69) is 46.3 Å². The Balaban J connectivity index is 1.40. The van der Waals surface area contributed by atoms with Gasteiger partial charge in [-0.25, -0.2) is 13.4 Å². The number of allylic oxidation sites excluding steroid dienone is 2. The molecule has 1 aromatic carbocycles. The van der Waals surface area contributed by atoms with Crippen LogP contribution < -0.4 is 10.0 Å². The number of hydrogen-bond acceptors (Lipinski definition) is 6. The molecule has 1 aliphatic carbocycles. The van der Waals surface area contributed by atoms with Gasteiger partial charge in [-0.15, -0.1) is 11.3 Å². The van der Waals surface area contributed by atoms with Gasteiger partial charge in [-0.1, -0.05) is 29.9 Å². The Morgan fingerprint density at radius 3 is 2.70 bits per heavy atom. The number of rotatable bonds is 6. The van der Waals surface area contributed by atoms with Gasteiger partial charge in [-0.05, 0) is 44.3 Å². The zero-order valence-electron chi connectivity index (χ0n) is 16.5. The maximum absolute atomic E-state index is 12.8. The quantitative estimate of drug-likeness (QED) is 0.713. The van der Waals surface area contributed by atoms with Crippen LogP contribution in [0, 0.1) is 5.92 Å². The van der Waals surface area contributed by atoms with Crippen LogP contribution in [-0.4, -0.2) is 36.3 Å². The Kier molecular flexibility index (Phi) is 5.48. The Morgan fingerprint density at radius 1 is 1.23 bits per heavy atom. The average molecular weight is 443 g/mol. The molecule has 2 N–H and O–H groups in total. The molecule has 7 nitrogen and oxygen atoms in total.